The monoisotopic (exact) mass is 505 g/mol. The maximum Gasteiger partial charge on any atom is 0.220 e. The fourth-order valence-corrected chi connectivity index (χ4v) is 5.32. The van der Waals surface area contributed by atoms with Crippen molar-refractivity contribution in [3.8, 4) is 0 Å². The van der Waals surface area contributed by atoms with E-state index in [-0.39, 0.29) is 5.91 Å². The highest BCUT2D eigenvalue weighted by molar-refractivity contribution is 5.83. The van der Waals surface area contributed by atoms with Gasteiger partial charge in [0.1, 0.15) is 0 Å². The molecule has 0 radical (unpaired) electrons. The molecule has 0 bridgehead atoms. The van der Waals surface area contributed by atoms with E-state index in [1.165, 1.54) is 141 Å². The maximum absolute atomic E-state index is 12.1. The SMILES string of the molecule is CCCCCCCCCCCCCCCCCC1=NCCN1CCNC(=O)CCCCCCCCC. The molecule has 36 heavy (non-hydrogen) atoms. The lowest BCUT2D eigenvalue weighted by molar-refractivity contribution is -0.121. The Morgan fingerprint density at radius 2 is 1.11 bits per heavy atom. The molecular weight excluding hydrogens is 442 g/mol. The number of amidine groups is 1. The smallest absolute Gasteiger partial charge is 0.220 e. The van der Waals surface area contributed by atoms with Gasteiger partial charge in [0.15, 0.2) is 0 Å². The third kappa shape index (κ3) is 20.0. The lowest BCUT2D eigenvalue weighted by Crippen LogP contribution is -2.36. The predicted molar refractivity (Wildman–Crippen MR) is 159 cm³/mol. The van der Waals surface area contributed by atoms with Gasteiger partial charge in [0.2, 0.25) is 5.91 Å². The van der Waals surface area contributed by atoms with E-state index in [4.69, 9.17) is 4.99 Å². The summed E-state index contributed by atoms with van der Waals surface area (Å²) in [5, 5.41) is 3.13. The van der Waals surface area contributed by atoms with E-state index in [0.717, 1.165) is 39.0 Å². The molecule has 1 aliphatic rings. The molecule has 0 aromatic heterocycles. The number of carbonyl (C=O) groups is 1. The summed E-state index contributed by atoms with van der Waals surface area (Å²) in [6.07, 6.45) is 31.8. The predicted octanol–water partition coefficient (Wildman–Crippen LogP) is 9.22. The molecule has 1 amide bonds. The van der Waals surface area contributed by atoms with Crippen LogP contribution in [0.3, 0.4) is 0 Å². The van der Waals surface area contributed by atoms with Crippen LogP contribution in [0.15, 0.2) is 4.99 Å². The molecule has 1 N–H and O–H groups in total. The van der Waals surface area contributed by atoms with Crippen molar-refractivity contribution in [1.82, 2.24) is 10.2 Å². The molecule has 0 fully saturated rings. The van der Waals surface area contributed by atoms with Gasteiger partial charge >= 0.3 is 0 Å². The largest absolute Gasteiger partial charge is 0.357 e. The van der Waals surface area contributed by atoms with Crippen LogP contribution in [0.4, 0.5) is 0 Å². The van der Waals surface area contributed by atoms with Gasteiger partial charge in [0.25, 0.3) is 0 Å². The Morgan fingerprint density at radius 1 is 0.667 bits per heavy atom. The molecule has 0 saturated heterocycles. The first-order valence-electron chi connectivity index (χ1n) is 16.3. The first-order valence-corrected chi connectivity index (χ1v) is 16.3. The minimum Gasteiger partial charge on any atom is -0.357 e. The fourth-order valence-electron chi connectivity index (χ4n) is 5.32. The lowest BCUT2D eigenvalue weighted by Gasteiger charge is -2.20. The molecule has 0 unspecified atom stereocenters. The lowest BCUT2D eigenvalue weighted by atomic mass is 10.0. The molecule has 4 nitrogen and oxygen atoms in total. The van der Waals surface area contributed by atoms with Gasteiger partial charge in [-0.2, -0.15) is 0 Å². The molecule has 4 heteroatoms. The average Bonchev–Trinajstić information content (AvgIpc) is 3.33. The summed E-state index contributed by atoms with van der Waals surface area (Å²) in [5.41, 5.74) is 0. The molecule has 0 atom stereocenters. The van der Waals surface area contributed by atoms with Crippen molar-refractivity contribution in [2.45, 2.75) is 168 Å². The van der Waals surface area contributed by atoms with Gasteiger partial charge in [-0.25, -0.2) is 0 Å². The third-order valence-corrected chi connectivity index (χ3v) is 7.74. The number of amides is 1. The second-order valence-corrected chi connectivity index (χ2v) is 11.2. The quantitative estimate of drug-likeness (QED) is 0.113. The van der Waals surface area contributed by atoms with Crippen LogP contribution in [0, 0.1) is 0 Å². The van der Waals surface area contributed by atoms with E-state index in [1.807, 2.05) is 0 Å². The first kappa shape index (κ1) is 33.0. The van der Waals surface area contributed by atoms with Gasteiger partial charge < -0.3 is 10.2 Å². The number of carbonyl (C=O) groups excluding carboxylic acids is 1. The Kier molecular flexibility index (Phi) is 23.4. The van der Waals surface area contributed by atoms with E-state index in [2.05, 4.69) is 24.1 Å². The van der Waals surface area contributed by atoms with Gasteiger partial charge in [-0.1, -0.05) is 142 Å². The number of nitrogens with one attached hydrogen (secondary N) is 1. The number of hydrogen-bond acceptors (Lipinski definition) is 3. The van der Waals surface area contributed by atoms with Crippen molar-refractivity contribution in [3.63, 3.8) is 0 Å². The van der Waals surface area contributed by atoms with Crippen molar-refractivity contribution in [2.75, 3.05) is 26.2 Å². The second-order valence-electron chi connectivity index (χ2n) is 11.2. The van der Waals surface area contributed by atoms with Crippen molar-refractivity contribution in [1.29, 1.82) is 0 Å². The molecule has 1 rings (SSSR count). The molecule has 212 valence electrons. The van der Waals surface area contributed by atoms with Crippen LogP contribution in [0.25, 0.3) is 0 Å². The zero-order chi connectivity index (χ0) is 25.9. The van der Waals surface area contributed by atoms with Gasteiger partial charge in [-0.05, 0) is 12.8 Å². The van der Waals surface area contributed by atoms with E-state index >= 15 is 0 Å². The molecular formula is C32H63N3O. The second kappa shape index (κ2) is 25.6. The third-order valence-electron chi connectivity index (χ3n) is 7.74. The summed E-state index contributed by atoms with van der Waals surface area (Å²) in [6, 6.07) is 0. The number of unbranched alkanes of at least 4 members (excludes halogenated alkanes) is 20. The zero-order valence-corrected chi connectivity index (χ0v) is 24.6. The van der Waals surface area contributed by atoms with Gasteiger partial charge in [0.05, 0.1) is 12.4 Å². The highest BCUT2D eigenvalue weighted by Crippen LogP contribution is 2.15. The van der Waals surface area contributed by atoms with Crippen LogP contribution in [-0.4, -0.2) is 42.8 Å². The number of rotatable bonds is 27. The van der Waals surface area contributed by atoms with E-state index < -0.39 is 0 Å². The minimum absolute atomic E-state index is 0.226. The van der Waals surface area contributed by atoms with Crippen molar-refractivity contribution < 1.29 is 4.79 Å². The summed E-state index contributed by atoms with van der Waals surface area (Å²) >= 11 is 0. The first-order chi connectivity index (χ1) is 17.8. The summed E-state index contributed by atoms with van der Waals surface area (Å²) in [4.78, 5) is 19.2. The molecule has 1 aliphatic heterocycles. The molecule has 1 heterocycles. The van der Waals surface area contributed by atoms with Crippen LogP contribution < -0.4 is 5.32 Å². The van der Waals surface area contributed by atoms with Gasteiger partial charge in [-0.15, -0.1) is 0 Å². The molecule has 0 aromatic carbocycles. The highest BCUT2D eigenvalue weighted by atomic mass is 16.1. The zero-order valence-electron chi connectivity index (χ0n) is 24.6. The molecule has 0 aromatic rings. The Bertz CT molecular complexity index is 520. The average molecular weight is 506 g/mol. The van der Waals surface area contributed by atoms with E-state index in [9.17, 15) is 4.79 Å². The van der Waals surface area contributed by atoms with E-state index in [1.54, 1.807) is 0 Å². The highest BCUT2D eigenvalue weighted by Gasteiger charge is 2.16. The summed E-state index contributed by atoms with van der Waals surface area (Å²) in [5.74, 6) is 1.51. The Hall–Kier alpha value is -1.06. The maximum atomic E-state index is 12.1. The topological polar surface area (TPSA) is 44.7 Å². The van der Waals surface area contributed by atoms with Gasteiger partial charge in [0, 0.05) is 32.5 Å². The standard InChI is InChI=1S/C32H63N3O/c1-3-5-7-9-11-12-13-14-15-16-17-18-20-21-23-25-31-33-27-29-35(31)30-28-34-32(36)26-24-22-19-10-8-6-4-2/h3-30H2,1-2H3,(H,34,36). The van der Waals surface area contributed by atoms with Gasteiger partial charge in [-0.3, -0.25) is 9.79 Å². The van der Waals surface area contributed by atoms with Crippen LogP contribution in [0.1, 0.15) is 168 Å². The van der Waals surface area contributed by atoms with Crippen LogP contribution >= 0.6 is 0 Å². The van der Waals surface area contributed by atoms with Crippen molar-refractivity contribution >= 4 is 11.7 Å². The Morgan fingerprint density at radius 3 is 1.61 bits per heavy atom. The van der Waals surface area contributed by atoms with Crippen molar-refractivity contribution in [2.24, 2.45) is 4.99 Å². The molecule has 0 saturated carbocycles. The number of aliphatic imine (C=N–C) groups is 1. The van der Waals surface area contributed by atoms with Crippen LogP contribution in [-0.2, 0) is 4.79 Å². The summed E-state index contributed by atoms with van der Waals surface area (Å²) in [7, 11) is 0. The molecule has 0 spiro atoms. The summed E-state index contributed by atoms with van der Waals surface area (Å²) < 4.78 is 0. The minimum atomic E-state index is 0.226. The Balaban J connectivity index is 1.88. The molecule has 0 aliphatic carbocycles. The fraction of sp³-hybridized carbons (Fsp3) is 0.938. The van der Waals surface area contributed by atoms with Crippen LogP contribution in [0.2, 0.25) is 0 Å². The number of nitrogens with zero attached hydrogens (tertiary/aromatic N) is 2. The number of hydrogen-bond donors (Lipinski definition) is 1. The van der Waals surface area contributed by atoms with Crippen LogP contribution in [0.5, 0.6) is 0 Å². The summed E-state index contributed by atoms with van der Waals surface area (Å²) in [6.45, 7) is 8.18. The van der Waals surface area contributed by atoms with E-state index in [0.29, 0.717) is 6.42 Å². The Labute approximate surface area is 225 Å². The van der Waals surface area contributed by atoms with Crippen molar-refractivity contribution in [3.05, 3.63) is 0 Å². The normalized spacial score (nSPS) is 13.4.